The second-order valence-corrected chi connectivity index (χ2v) is 8.02. The van der Waals surface area contributed by atoms with Crippen LogP contribution in [0.2, 0.25) is 0 Å². The molecule has 28 heavy (non-hydrogen) atoms. The topological polar surface area (TPSA) is 81.9 Å². The van der Waals surface area contributed by atoms with E-state index in [-0.39, 0.29) is 13.2 Å². The van der Waals surface area contributed by atoms with Gasteiger partial charge in [-0.2, -0.15) is 8.42 Å². The monoisotopic (exact) mass is 402 g/mol. The number of rotatable bonds is 8. The maximum Gasteiger partial charge on any atom is 0.264 e. The van der Waals surface area contributed by atoms with Crippen LogP contribution in [0.5, 0.6) is 5.75 Å². The molecule has 148 valence electrons. The molecule has 0 N–H and O–H groups in total. The summed E-state index contributed by atoms with van der Waals surface area (Å²) in [7, 11) is 0.535. The number of aromatic nitrogens is 1. The number of fused-ring (bicyclic) bond motifs is 1. The molecule has 7 nitrogen and oxygen atoms in total. The van der Waals surface area contributed by atoms with Crippen molar-refractivity contribution in [2.24, 2.45) is 0 Å². The van der Waals surface area contributed by atoms with Crippen molar-refractivity contribution < 1.29 is 21.8 Å². The lowest BCUT2D eigenvalue weighted by molar-refractivity contribution is 0.222. The van der Waals surface area contributed by atoms with Crippen LogP contribution in [0.3, 0.4) is 0 Å². The van der Waals surface area contributed by atoms with Gasteiger partial charge in [0.05, 0.1) is 6.26 Å². The Balaban J connectivity index is 1.65. The highest BCUT2D eigenvalue weighted by atomic mass is 32.2. The summed E-state index contributed by atoms with van der Waals surface area (Å²) in [6.07, 6.45) is 4.74. The highest BCUT2D eigenvalue weighted by molar-refractivity contribution is 7.85. The third-order valence-electron chi connectivity index (χ3n) is 3.85. The van der Waals surface area contributed by atoms with E-state index in [1.807, 2.05) is 55.4 Å². The molecule has 0 fully saturated rings. The van der Waals surface area contributed by atoms with Gasteiger partial charge in [0.15, 0.2) is 5.58 Å². The van der Waals surface area contributed by atoms with Crippen LogP contribution in [-0.4, -0.2) is 47.0 Å². The molecule has 0 spiro atoms. The Hall–Kier alpha value is -2.84. The number of anilines is 1. The first-order valence-corrected chi connectivity index (χ1v) is 10.4. The fourth-order valence-corrected chi connectivity index (χ4v) is 2.85. The van der Waals surface area contributed by atoms with Crippen LogP contribution < -0.4 is 9.64 Å². The van der Waals surface area contributed by atoms with E-state index in [0.29, 0.717) is 22.7 Å². The molecule has 0 atom stereocenters. The van der Waals surface area contributed by atoms with Crippen LogP contribution in [0.25, 0.3) is 23.3 Å². The van der Waals surface area contributed by atoms with E-state index in [9.17, 15) is 8.42 Å². The molecule has 2 aromatic carbocycles. The summed E-state index contributed by atoms with van der Waals surface area (Å²) in [5, 5.41) is 0. The van der Waals surface area contributed by atoms with E-state index in [2.05, 4.69) is 9.17 Å². The van der Waals surface area contributed by atoms with Crippen molar-refractivity contribution in [3.63, 3.8) is 0 Å². The molecule has 0 amide bonds. The number of ether oxygens (including phenoxy) is 1. The third kappa shape index (κ3) is 5.58. The van der Waals surface area contributed by atoms with Crippen LogP contribution in [0, 0.1) is 0 Å². The fraction of sp³-hybridized carbons (Fsp3) is 0.250. The van der Waals surface area contributed by atoms with Gasteiger partial charge in [-0.25, -0.2) is 4.98 Å². The van der Waals surface area contributed by atoms with Gasteiger partial charge in [0.25, 0.3) is 10.1 Å². The Labute approximate surface area is 164 Å². The van der Waals surface area contributed by atoms with Crippen LogP contribution in [0.15, 0.2) is 46.9 Å². The van der Waals surface area contributed by atoms with Gasteiger partial charge in [0, 0.05) is 31.9 Å². The molecule has 1 aromatic heterocycles. The largest absolute Gasteiger partial charge is 0.491 e. The Bertz CT molecular complexity index is 1070. The second kappa shape index (κ2) is 8.45. The molecule has 0 aliphatic heterocycles. The van der Waals surface area contributed by atoms with Gasteiger partial charge in [0.1, 0.15) is 24.5 Å². The first kappa shape index (κ1) is 19.9. The molecular formula is C20H22N2O5S. The lowest BCUT2D eigenvalue weighted by atomic mass is 10.2. The molecule has 3 rings (SSSR count). The predicted octanol–water partition coefficient (Wildman–Crippen LogP) is 3.42. The number of oxazole rings is 1. The zero-order valence-corrected chi connectivity index (χ0v) is 16.8. The Kier molecular flexibility index (Phi) is 6.01. The summed E-state index contributed by atoms with van der Waals surface area (Å²) >= 11 is 0. The van der Waals surface area contributed by atoms with Gasteiger partial charge in [0.2, 0.25) is 5.89 Å². The predicted molar refractivity (Wildman–Crippen MR) is 110 cm³/mol. The Morgan fingerprint density at radius 1 is 1.07 bits per heavy atom. The quantitative estimate of drug-likeness (QED) is 0.422. The van der Waals surface area contributed by atoms with E-state index in [1.165, 1.54) is 0 Å². The average Bonchev–Trinajstić information content (AvgIpc) is 3.05. The molecular weight excluding hydrogens is 380 g/mol. The molecule has 0 saturated heterocycles. The third-order valence-corrected chi connectivity index (χ3v) is 4.45. The van der Waals surface area contributed by atoms with E-state index in [4.69, 9.17) is 9.15 Å². The lowest BCUT2D eigenvalue weighted by Gasteiger charge is -2.11. The van der Waals surface area contributed by atoms with E-state index in [1.54, 1.807) is 18.2 Å². The van der Waals surface area contributed by atoms with Crippen molar-refractivity contribution in [3.8, 4) is 5.75 Å². The molecule has 0 saturated carbocycles. The number of benzene rings is 2. The van der Waals surface area contributed by atoms with Crippen molar-refractivity contribution in [2.75, 3.05) is 38.5 Å². The maximum atomic E-state index is 10.9. The number of hydrogen-bond donors (Lipinski definition) is 0. The minimum absolute atomic E-state index is 0.0477. The maximum absolute atomic E-state index is 10.9. The summed E-state index contributed by atoms with van der Waals surface area (Å²) in [5.41, 5.74) is 3.47. The Morgan fingerprint density at radius 3 is 2.50 bits per heavy atom. The summed E-state index contributed by atoms with van der Waals surface area (Å²) in [5.74, 6) is 1.04. The van der Waals surface area contributed by atoms with Crippen molar-refractivity contribution in [1.29, 1.82) is 0 Å². The number of nitrogens with zero attached hydrogens (tertiary/aromatic N) is 2. The second-order valence-electron chi connectivity index (χ2n) is 6.38. The zero-order chi connectivity index (χ0) is 20.1. The summed E-state index contributed by atoms with van der Waals surface area (Å²) in [6, 6.07) is 13.4. The standard InChI is InChI=1S/C20H22N2O5S/c1-22(2)16-7-4-15(5-8-16)6-11-20-21-18-10-9-17(14-19(18)27-20)25-12-13-26-28(3,23)24/h4-11,14H,12-13H2,1-3H3/b11-6+. The van der Waals surface area contributed by atoms with Crippen molar-refractivity contribution in [3.05, 3.63) is 53.9 Å². The highest BCUT2D eigenvalue weighted by Crippen LogP contribution is 2.23. The van der Waals surface area contributed by atoms with Crippen LogP contribution in [0.4, 0.5) is 5.69 Å². The summed E-state index contributed by atoms with van der Waals surface area (Å²) in [4.78, 5) is 6.47. The summed E-state index contributed by atoms with van der Waals surface area (Å²) in [6.45, 7) is 0.0658. The van der Waals surface area contributed by atoms with Crippen molar-refractivity contribution >= 4 is 39.1 Å². The molecule has 0 bridgehead atoms. The van der Waals surface area contributed by atoms with Gasteiger partial charge in [-0.3, -0.25) is 4.18 Å². The van der Waals surface area contributed by atoms with E-state index < -0.39 is 10.1 Å². The normalized spacial score (nSPS) is 12.0. The first-order valence-electron chi connectivity index (χ1n) is 8.63. The van der Waals surface area contributed by atoms with Crippen molar-refractivity contribution in [2.45, 2.75) is 0 Å². The average molecular weight is 402 g/mol. The van der Waals surface area contributed by atoms with Gasteiger partial charge in [-0.15, -0.1) is 0 Å². The molecule has 8 heteroatoms. The first-order chi connectivity index (χ1) is 13.3. The fourth-order valence-electron chi connectivity index (χ4n) is 2.48. The van der Waals surface area contributed by atoms with E-state index in [0.717, 1.165) is 17.5 Å². The Morgan fingerprint density at radius 2 is 1.82 bits per heavy atom. The van der Waals surface area contributed by atoms with Crippen LogP contribution in [0.1, 0.15) is 11.5 Å². The SMILES string of the molecule is CN(C)c1ccc(/C=C/c2nc3ccc(OCCOS(C)(=O)=O)cc3o2)cc1. The lowest BCUT2D eigenvalue weighted by Crippen LogP contribution is -2.11. The zero-order valence-electron chi connectivity index (χ0n) is 16.0. The molecule has 1 heterocycles. The summed E-state index contributed by atoms with van der Waals surface area (Å²) < 4.78 is 37.7. The van der Waals surface area contributed by atoms with Gasteiger partial charge in [-0.05, 0) is 35.9 Å². The van der Waals surface area contributed by atoms with Gasteiger partial charge >= 0.3 is 0 Å². The molecule has 0 unspecified atom stereocenters. The molecule has 0 radical (unpaired) electrons. The van der Waals surface area contributed by atoms with Gasteiger partial charge < -0.3 is 14.1 Å². The number of hydrogen-bond acceptors (Lipinski definition) is 7. The highest BCUT2D eigenvalue weighted by Gasteiger charge is 2.06. The van der Waals surface area contributed by atoms with Crippen molar-refractivity contribution in [1.82, 2.24) is 4.98 Å². The smallest absolute Gasteiger partial charge is 0.264 e. The molecule has 3 aromatic rings. The minimum Gasteiger partial charge on any atom is -0.491 e. The van der Waals surface area contributed by atoms with Crippen LogP contribution in [-0.2, 0) is 14.3 Å². The minimum atomic E-state index is -3.46. The van der Waals surface area contributed by atoms with Gasteiger partial charge in [-0.1, -0.05) is 12.1 Å². The van der Waals surface area contributed by atoms with Crippen LogP contribution >= 0.6 is 0 Å². The molecule has 0 aliphatic carbocycles. The molecule has 0 aliphatic rings. The van der Waals surface area contributed by atoms with E-state index >= 15 is 0 Å².